The molecule has 1 amide bonds. The topological polar surface area (TPSA) is 70.5 Å². The molecule has 1 atom stereocenters. The van der Waals surface area contributed by atoms with Crippen molar-refractivity contribution >= 4 is 11.9 Å². The summed E-state index contributed by atoms with van der Waals surface area (Å²) in [6.45, 7) is 0. The van der Waals surface area contributed by atoms with Gasteiger partial charge in [0.1, 0.15) is 0 Å². The number of nitrogens with zero attached hydrogens (tertiary/aromatic N) is 2. The van der Waals surface area contributed by atoms with Crippen molar-refractivity contribution in [3.05, 3.63) is 53.3 Å². The van der Waals surface area contributed by atoms with Crippen LogP contribution in [0.4, 0.5) is 0 Å². The quantitative estimate of drug-likeness (QED) is 0.938. The second-order valence-electron chi connectivity index (χ2n) is 6.41. The molecule has 0 bridgehead atoms. The number of aromatic nitrogens is 1. The molecule has 5 nitrogen and oxygen atoms in total. The lowest BCUT2D eigenvalue weighted by molar-refractivity contribution is -0.137. The molecular weight excluding hydrogens is 304 g/mol. The van der Waals surface area contributed by atoms with Crippen LogP contribution in [-0.2, 0) is 11.2 Å². The van der Waals surface area contributed by atoms with Gasteiger partial charge >= 0.3 is 5.97 Å². The first-order chi connectivity index (χ1) is 11.5. The Morgan fingerprint density at radius 3 is 2.71 bits per heavy atom. The number of benzene rings is 1. The molecule has 0 saturated heterocycles. The molecule has 3 rings (SSSR count). The van der Waals surface area contributed by atoms with Gasteiger partial charge in [-0.1, -0.05) is 18.2 Å². The van der Waals surface area contributed by atoms with Crippen LogP contribution in [0.1, 0.15) is 40.2 Å². The monoisotopic (exact) mass is 324 g/mol. The van der Waals surface area contributed by atoms with Crippen molar-refractivity contribution in [1.29, 1.82) is 0 Å². The Labute approximate surface area is 140 Å². The van der Waals surface area contributed by atoms with E-state index >= 15 is 0 Å². The summed E-state index contributed by atoms with van der Waals surface area (Å²) in [6.07, 6.45) is 5.27. The predicted octanol–water partition coefficient (Wildman–Crippen LogP) is 2.95. The minimum absolute atomic E-state index is 0.0768. The number of aliphatic carboxylic acids is 1. The number of carboxylic acid groups (broad SMARTS) is 1. The number of carbonyl (C=O) groups is 2. The van der Waals surface area contributed by atoms with Crippen LogP contribution < -0.4 is 0 Å². The number of carboxylic acids is 1. The molecule has 0 fully saturated rings. The summed E-state index contributed by atoms with van der Waals surface area (Å²) in [7, 11) is 3.43. The fourth-order valence-corrected chi connectivity index (χ4v) is 3.28. The number of amides is 1. The number of rotatable bonds is 4. The van der Waals surface area contributed by atoms with Crippen molar-refractivity contribution in [2.24, 2.45) is 0 Å². The highest BCUT2D eigenvalue weighted by Crippen LogP contribution is 2.37. The predicted molar refractivity (Wildman–Crippen MR) is 91.0 cm³/mol. The zero-order chi connectivity index (χ0) is 17.3. The van der Waals surface area contributed by atoms with E-state index in [2.05, 4.69) is 11.1 Å². The first kappa shape index (κ1) is 16.2. The number of carbonyl (C=O) groups excluding carboxylic acids is 1. The molecule has 5 heteroatoms. The first-order valence-electron chi connectivity index (χ1n) is 7.97. The molecule has 0 aliphatic heterocycles. The smallest absolute Gasteiger partial charge is 0.303 e. The van der Waals surface area contributed by atoms with Crippen molar-refractivity contribution in [2.45, 2.75) is 25.2 Å². The molecule has 0 spiro atoms. The fraction of sp³-hybridized carbons (Fsp3) is 0.316. The van der Waals surface area contributed by atoms with Gasteiger partial charge in [-0.05, 0) is 41.5 Å². The molecule has 1 aromatic heterocycles. The van der Waals surface area contributed by atoms with E-state index < -0.39 is 5.97 Å². The van der Waals surface area contributed by atoms with E-state index in [0.717, 1.165) is 29.5 Å². The molecule has 1 aromatic carbocycles. The van der Waals surface area contributed by atoms with Gasteiger partial charge in [-0.2, -0.15) is 0 Å². The van der Waals surface area contributed by atoms with Crippen LogP contribution in [0, 0.1) is 0 Å². The van der Waals surface area contributed by atoms with E-state index in [4.69, 9.17) is 5.11 Å². The van der Waals surface area contributed by atoms with Crippen LogP contribution in [0.25, 0.3) is 11.1 Å². The van der Waals surface area contributed by atoms with E-state index in [0.29, 0.717) is 5.56 Å². The Bertz CT molecular complexity index is 799. The third-order valence-corrected chi connectivity index (χ3v) is 4.49. The standard InChI is InChI=1S/C19H20N2O3/c1-21(2)19(24)16-8-15(10-20-11-16)12-5-6-17-13(7-12)3-4-14(17)9-18(22)23/h5-8,10-11,14H,3-4,9H2,1-2H3,(H,22,23). The summed E-state index contributed by atoms with van der Waals surface area (Å²) in [4.78, 5) is 28.8. The van der Waals surface area contributed by atoms with Gasteiger partial charge in [0.05, 0.1) is 12.0 Å². The molecule has 2 aromatic rings. The van der Waals surface area contributed by atoms with Gasteiger partial charge in [-0.25, -0.2) is 0 Å². The van der Waals surface area contributed by atoms with E-state index in [1.54, 1.807) is 26.5 Å². The van der Waals surface area contributed by atoms with Gasteiger partial charge in [0.15, 0.2) is 0 Å². The van der Waals surface area contributed by atoms with Crippen LogP contribution in [0.5, 0.6) is 0 Å². The lowest BCUT2D eigenvalue weighted by atomic mass is 9.95. The highest BCUT2D eigenvalue weighted by molar-refractivity contribution is 5.94. The Kier molecular flexibility index (Phi) is 4.34. The summed E-state index contributed by atoms with van der Waals surface area (Å²) in [6, 6.07) is 7.95. The van der Waals surface area contributed by atoms with Gasteiger partial charge < -0.3 is 10.0 Å². The summed E-state index contributed by atoms with van der Waals surface area (Å²) in [5.41, 5.74) is 4.79. The Balaban J connectivity index is 1.91. The van der Waals surface area contributed by atoms with Crippen molar-refractivity contribution in [1.82, 2.24) is 9.88 Å². The van der Waals surface area contributed by atoms with Gasteiger partial charge in [0, 0.05) is 32.1 Å². The number of aryl methyl sites for hydroxylation is 1. The number of pyridine rings is 1. The maximum absolute atomic E-state index is 12.1. The molecule has 1 heterocycles. The largest absolute Gasteiger partial charge is 0.481 e. The Morgan fingerprint density at radius 2 is 2.00 bits per heavy atom. The average Bonchev–Trinajstić information content (AvgIpc) is 2.95. The lowest BCUT2D eigenvalue weighted by Crippen LogP contribution is -2.21. The molecule has 1 aliphatic carbocycles. The minimum Gasteiger partial charge on any atom is -0.481 e. The third kappa shape index (κ3) is 3.15. The molecule has 1 aliphatic rings. The van der Waals surface area contributed by atoms with Crippen molar-refractivity contribution in [2.75, 3.05) is 14.1 Å². The van der Waals surface area contributed by atoms with Gasteiger partial charge in [0.2, 0.25) is 0 Å². The Morgan fingerprint density at radius 1 is 1.21 bits per heavy atom. The summed E-state index contributed by atoms with van der Waals surface area (Å²) in [5, 5.41) is 9.02. The number of fused-ring (bicyclic) bond motifs is 1. The second kappa shape index (κ2) is 6.43. The number of hydrogen-bond donors (Lipinski definition) is 1. The SMILES string of the molecule is CN(C)C(=O)c1cncc(-c2ccc3c(c2)CCC3CC(=O)O)c1. The molecule has 0 saturated carbocycles. The molecule has 1 unspecified atom stereocenters. The van der Waals surface area contributed by atoms with Crippen molar-refractivity contribution in [3.8, 4) is 11.1 Å². The van der Waals surface area contributed by atoms with Crippen LogP contribution in [0.15, 0.2) is 36.7 Å². The highest BCUT2D eigenvalue weighted by Gasteiger charge is 2.24. The van der Waals surface area contributed by atoms with Crippen LogP contribution >= 0.6 is 0 Å². The lowest BCUT2D eigenvalue weighted by Gasteiger charge is -2.12. The van der Waals surface area contributed by atoms with E-state index in [1.165, 1.54) is 10.5 Å². The van der Waals surface area contributed by atoms with E-state index in [-0.39, 0.29) is 18.2 Å². The van der Waals surface area contributed by atoms with Gasteiger partial charge in [-0.3, -0.25) is 14.6 Å². The van der Waals surface area contributed by atoms with Gasteiger partial charge in [-0.15, -0.1) is 0 Å². The van der Waals surface area contributed by atoms with E-state index in [9.17, 15) is 9.59 Å². The molecule has 1 N–H and O–H groups in total. The van der Waals surface area contributed by atoms with Crippen LogP contribution in [0.3, 0.4) is 0 Å². The maximum Gasteiger partial charge on any atom is 0.303 e. The van der Waals surface area contributed by atoms with Crippen molar-refractivity contribution in [3.63, 3.8) is 0 Å². The first-order valence-corrected chi connectivity index (χ1v) is 7.97. The molecular formula is C19H20N2O3. The summed E-state index contributed by atoms with van der Waals surface area (Å²) < 4.78 is 0. The summed E-state index contributed by atoms with van der Waals surface area (Å²) in [5.74, 6) is -0.727. The zero-order valence-corrected chi connectivity index (χ0v) is 13.8. The maximum atomic E-state index is 12.1. The highest BCUT2D eigenvalue weighted by atomic mass is 16.4. The second-order valence-corrected chi connectivity index (χ2v) is 6.41. The normalized spacial score (nSPS) is 15.8. The van der Waals surface area contributed by atoms with Crippen LogP contribution in [-0.4, -0.2) is 41.0 Å². The Hall–Kier alpha value is -2.69. The zero-order valence-electron chi connectivity index (χ0n) is 13.8. The van der Waals surface area contributed by atoms with Crippen molar-refractivity contribution < 1.29 is 14.7 Å². The minimum atomic E-state index is -0.754. The molecule has 124 valence electrons. The number of hydrogen-bond acceptors (Lipinski definition) is 3. The molecule has 24 heavy (non-hydrogen) atoms. The molecule has 0 radical (unpaired) electrons. The third-order valence-electron chi connectivity index (χ3n) is 4.49. The average molecular weight is 324 g/mol. The van der Waals surface area contributed by atoms with Crippen LogP contribution in [0.2, 0.25) is 0 Å². The fourth-order valence-electron chi connectivity index (χ4n) is 3.28. The summed E-state index contributed by atoms with van der Waals surface area (Å²) >= 11 is 0. The van der Waals surface area contributed by atoms with Gasteiger partial charge in [0.25, 0.3) is 5.91 Å². The van der Waals surface area contributed by atoms with E-state index in [1.807, 2.05) is 18.2 Å².